The second kappa shape index (κ2) is 8.30. The zero-order valence-corrected chi connectivity index (χ0v) is 12.7. The van der Waals surface area contributed by atoms with Crippen LogP contribution in [0.2, 0.25) is 0 Å². The molecule has 1 unspecified atom stereocenters. The van der Waals surface area contributed by atoms with Crippen molar-refractivity contribution in [2.24, 2.45) is 0 Å². The van der Waals surface area contributed by atoms with E-state index in [-0.39, 0.29) is 12.1 Å². The molecule has 0 aliphatic heterocycles. The van der Waals surface area contributed by atoms with Crippen LogP contribution in [-0.2, 0) is 4.74 Å². The van der Waals surface area contributed by atoms with Gasteiger partial charge in [0.25, 0.3) is 0 Å². The number of rotatable bonds is 7. The minimum Gasteiger partial charge on any atom is -0.459 e. The molecule has 0 N–H and O–H groups in total. The normalized spacial score (nSPS) is 12.2. The fourth-order valence-electron chi connectivity index (χ4n) is 1.75. The molecular formula is C15H21BrO2. The molecule has 0 aliphatic carbocycles. The number of esters is 1. The van der Waals surface area contributed by atoms with Gasteiger partial charge in [-0.25, -0.2) is 4.79 Å². The third-order valence-electron chi connectivity index (χ3n) is 2.85. The molecule has 18 heavy (non-hydrogen) atoms. The Labute approximate surface area is 118 Å². The van der Waals surface area contributed by atoms with Gasteiger partial charge in [0.15, 0.2) is 0 Å². The third-order valence-corrected chi connectivity index (χ3v) is 3.38. The van der Waals surface area contributed by atoms with E-state index in [1.54, 1.807) is 12.1 Å². The highest BCUT2D eigenvalue weighted by Gasteiger charge is 2.11. The Morgan fingerprint density at radius 1 is 1.22 bits per heavy atom. The van der Waals surface area contributed by atoms with Crippen LogP contribution < -0.4 is 0 Å². The molecule has 1 aromatic rings. The zero-order chi connectivity index (χ0) is 13.4. The molecule has 0 saturated heterocycles. The summed E-state index contributed by atoms with van der Waals surface area (Å²) in [6.45, 7) is 4.15. The summed E-state index contributed by atoms with van der Waals surface area (Å²) in [5.41, 5.74) is 0.610. The molecule has 1 atom stereocenters. The van der Waals surface area contributed by atoms with E-state index >= 15 is 0 Å². The second-order valence-corrected chi connectivity index (χ2v) is 5.49. The van der Waals surface area contributed by atoms with Crippen LogP contribution in [0, 0.1) is 0 Å². The summed E-state index contributed by atoms with van der Waals surface area (Å²) < 4.78 is 6.37. The van der Waals surface area contributed by atoms with E-state index in [1.807, 2.05) is 19.1 Å². The van der Waals surface area contributed by atoms with E-state index in [9.17, 15) is 4.79 Å². The average molecular weight is 313 g/mol. The number of carbonyl (C=O) groups is 1. The van der Waals surface area contributed by atoms with Gasteiger partial charge in [-0.3, -0.25) is 0 Å². The topological polar surface area (TPSA) is 26.3 Å². The number of hydrogen-bond donors (Lipinski definition) is 0. The molecule has 0 aliphatic rings. The van der Waals surface area contributed by atoms with Crippen molar-refractivity contribution in [1.29, 1.82) is 0 Å². The third kappa shape index (κ3) is 5.67. The fraction of sp³-hybridized carbons (Fsp3) is 0.533. The smallest absolute Gasteiger partial charge is 0.338 e. The molecule has 1 aromatic carbocycles. The Kier molecular flexibility index (Phi) is 7.02. The molecule has 0 saturated carbocycles. The summed E-state index contributed by atoms with van der Waals surface area (Å²) in [5.74, 6) is -0.231. The predicted octanol–water partition coefficient (Wildman–Crippen LogP) is 4.96. The standard InChI is InChI=1S/C15H21BrO2/c1-3-4-5-6-7-12(2)18-15(17)13-8-10-14(16)11-9-13/h8-12H,3-7H2,1-2H3. The first-order valence-electron chi connectivity index (χ1n) is 6.60. The molecule has 2 nitrogen and oxygen atoms in total. The molecule has 1 rings (SSSR count). The van der Waals surface area contributed by atoms with Crippen LogP contribution in [0.3, 0.4) is 0 Å². The molecule has 3 heteroatoms. The highest BCUT2D eigenvalue weighted by atomic mass is 79.9. The van der Waals surface area contributed by atoms with Crippen molar-refractivity contribution in [2.75, 3.05) is 0 Å². The number of carbonyl (C=O) groups excluding carboxylic acids is 1. The molecule has 0 spiro atoms. The summed E-state index contributed by atoms with van der Waals surface area (Å²) in [6, 6.07) is 7.25. The molecule has 0 amide bonds. The van der Waals surface area contributed by atoms with Crippen LogP contribution >= 0.6 is 15.9 Å². The van der Waals surface area contributed by atoms with Gasteiger partial charge in [0.05, 0.1) is 11.7 Å². The Morgan fingerprint density at radius 2 is 1.89 bits per heavy atom. The Bertz CT molecular complexity index is 359. The fourth-order valence-corrected chi connectivity index (χ4v) is 2.02. The largest absolute Gasteiger partial charge is 0.459 e. The lowest BCUT2D eigenvalue weighted by molar-refractivity contribution is 0.0319. The predicted molar refractivity (Wildman–Crippen MR) is 77.8 cm³/mol. The van der Waals surface area contributed by atoms with Crippen LogP contribution in [0.1, 0.15) is 56.3 Å². The highest BCUT2D eigenvalue weighted by Crippen LogP contribution is 2.13. The first kappa shape index (κ1) is 15.2. The number of halogens is 1. The first-order chi connectivity index (χ1) is 8.63. The van der Waals surface area contributed by atoms with Crippen molar-refractivity contribution < 1.29 is 9.53 Å². The lowest BCUT2D eigenvalue weighted by atomic mass is 10.1. The number of unbranched alkanes of at least 4 members (excludes halogenated alkanes) is 3. The summed E-state index contributed by atoms with van der Waals surface area (Å²) in [4.78, 5) is 11.8. The van der Waals surface area contributed by atoms with Crippen LogP contribution in [0.25, 0.3) is 0 Å². The maximum atomic E-state index is 11.8. The van der Waals surface area contributed by atoms with Crippen LogP contribution in [0.4, 0.5) is 0 Å². The van der Waals surface area contributed by atoms with Crippen LogP contribution in [-0.4, -0.2) is 12.1 Å². The Morgan fingerprint density at radius 3 is 2.50 bits per heavy atom. The second-order valence-electron chi connectivity index (χ2n) is 4.57. The van der Waals surface area contributed by atoms with Crippen molar-refractivity contribution in [3.8, 4) is 0 Å². The molecule has 0 heterocycles. The summed E-state index contributed by atoms with van der Waals surface area (Å²) >= 11 is 3.34. The van der Waals surface area contributed by atoms with Gasteiger partial charge in [0.2, 0.25) is 0 Å². The van der Waals surface area contributed by atoms with Gasteiger partial charge in [-0.2, -0.15) is 0 Å². The summed E-state index contributed by atoms with van der Waals surface area (Å²) in [6.07, 6.45) is 5.78. The number of ether oxygens (including phenoxy) is 1. The molecule has 0 fully saturated rings. The minimum absolute atomic E-state index is 0.00185. The maximum absolute atomic E-state index is 11.8. The maximum Gasteiger partial charge on any atom is 0.338 e. The van der Waals surface area contributed by atoms with Gasteiger partial charge in [-0.05, 0) is 44.0 Å². The van der Waals surface area contributed by atoms with Gasteiger partial charge in [0.1, 0.15) is 0 Å². The first-order valence-corrected chi connectivity index (χ1v) is 7.39. The summed E-state index contributed by atoms with van der Waals surface area (Å²) in [7, 11) is 0. The number of benzene rings is 1. The van der Waals surface area contributed by atoms with Crippen molar-refractivity contribution >= 4 is 21.9 Å². The van der Waals surface area contributed by atoms with E-state index in [0.717, 1.165) is 17.3 Å². The quantitative estimate of drug-likeness (QED) is 0.525. The van der Waals surface area contributed by atoms with Crippen molar-refractivity contribution in [3.05, 3.63) is 34.3 Å². The highest BCUT2D eigenvalue weighted by molar-refractivity contribution is 9.10. The Hall–Kier alpha value is -0.830. The molecule has 100 valence electrons. The van der Waals surface area contributed by atoms with Crippen molar-refractivity contribution in [1.82, 2.24) is 0 Å². The minimum atomic E-state index is -0.231. The van der Waals surface area contributed by atoms with Gasteiger partial charge in [-0.1, -0.05) is 42.1 Å². The molecule has 0 aromatic heterocycles. The average Bonchev–Trinajstić information content (AvgIpc) is 2.35. The summed E-state index contributed by atoms with van der Waals surface area (Å²) in [5, 5.41) is 0. The van der Waals surface area contributed by atoms with Crippen molar-refractivity contribution in [2.45, 2.75) is 52.1 Å². The number of hydrogen-bond acceptors (Lipinski definition) is 2. The van der Waals surface area contributed by atoms with Crippen LogP contribution in [0.15, 0.2) is 28.7 Å². The van der Waals surface area contributed by atoms with E-state index in [1.165, 1.54) is 19.3 Å². The lowest BCUT2D eigenvalue weighted by Gasteiger charge is -2.13. The van der Waals surface area contributed by atoms with Gasteiger partial charge in [-0.15, -0.1) is 0 Å². The molecule has 0 radical (unpaired) electrons. The van der Waals surface area contributed by atoms with E-state index in [4.69, 9.17) is 4.74 Å². The van der Waals surface area contributed by atoms with E-state index < -0.39 is 0 Å². The van der Waals surface area contributed by atoms with Gasteiger partial charge >= 0.3 is 5.97 Å². The van der Waals surface area contributed by atoms with Gasteiger partial charge < -0.3 is 4.74 Å². The molecule has 0 bridgehead atoms. The lowest BCUT2D eigenvalue weighted by Crippen LogP contribution is -2.14. The van der Waals surface area contributed by atoms with E-state index in [2.05, 4.69) is 22.9 Å². The van der Waals surface area contributed by atoms with Crippen LogP contribution in [0.5, 0.6) is 0 Å². The van der Waals surface area contributed by atoms with Gasteiger partial charge in [0, 0.05) is 4.47 Å². The van der Waals surface area contributed by atoms with E-state index in [0.29, 0.717) is 5.56 Å². The molecular weight excluding hydrogens is 292 g/mol. The van der Waals surface area contributed by atoms with Crippen molar-refractivity contribution in [3.63, 3.8) is 0 Å². The SMILES string of the molecule is CCCCCCC(C)OC(=O)c1ccc(Br)cc1. The zero-order valence-electron chi connectivity index (χ0n) is 11.1. The Balaban J connectivity index is 2.33. The monoisotopic (exact) mass is 312 g/mol.